The van der Waals surface area contributed by atoms with Crippen LogP contribution in [0.2, 0.25) is 0 Å². The summed E-state index contributed by atoms with van der Waals surface area (Å²) in [5, 5.41) is 0.599. The molecule has 136 valence electrons. The fraction of sp³-hybridized carbons (Fsp3) is 0.739. The minimum atomic E-state index is 0.469. The summed E-state index contributed by atoms with van der Waals surface area (Å²) in [6.45, 7) is 5.20. The van der Waals surface area contributed by atoms with Gasteiger partial charge in [-0.05, 0) is 97.5 Å². The fourth-order valence-electron chi connectivity index (χ4n) is 7.66. The fourth-order valence-corrected chi connectivity index (χ4v) is 7.99. The van der Waals surface area contributed by atoms with Gasteiger partial charge in [0.2, 0.25) is 0 Å². The number of furan rings is 1. The van der Waals surface area contributed by atoms with E-state index in [4.69, 9.17) is 17.0 Å². The summed E-state index contributed by atoms with van der Waals surface area (Å²) in [4.78, 5) is 0. The van der Waals surface area contributed by atoms with Gasteiger partial charge in [-0.15, -0.1) is 0 Å². The van der Waals surface area contributed by atoms with Gasteiger partial charge in [-0.25, -0.2) is 0 Å². The summed E-state index contributed by atoms with van der Waals surface area (Å²) in [6, 6.07) is 2.22. The second kappa shape index (κ2) is 5.68. The first kappa shape index (κ1) is 16.5. The Hall–Kier alpha value is -0.630. The summed E-state index contributed by atoms with van der Waals surface area (Å²) in [7, 11) is 0. The highest BCUT2D eigenvalue weighted by Crippen LogP contribution is 2.68. The zero-order chi connectivity index (χ0) is 17.2. The number of thiol groups is 1. The summed E-state index contributed by atoms with van der Waals surface area (Å²) in [5.41, 5.74) is 4.16. The molecular weight excluding hydrogens is 324 g/mol. The average Bonchev–Trinajstić information content (AvgIpc) is 3.22. The van der Waals surface area contributed by atoms with Crippen molar-refractivity contribution in [2.24, 2.45) is 28.6 Å². The van der Waals surface area contributed by atoms with Crippen molar-refractivity contribution in [2.45, 2.75) is 76.4 Å². The predicted molar refractivity (Wildman–Crippen MR) is 106 cm³/mol. The largest absolute Gasteiger partial charge is 0.472 e. The standard InChI is InChI=1S/C23H32OS/c1-22-10-7-17(25)13-16(22)3-4-18-20-6-5-19(15-9-12-24-14-15)23(20,2)11-8-21(18)22/h3,9,12,14,17-21,25H,4-8,10-11,13H2,1-2H3/t17?,18-,19?,20-,21+,22-,23+/m0/s1. The van der Waals surface area contributed by atoms with E-state index >= 15 is 0 Å². The van der Waals surface area contributed by atoms with E-state index < -0.39 is 0 Å². The molecule has 4 aliphatic carbocycles. The molecule has 0 aromatic carbocycles. The molecule has 0 amide bonds. The third-order valence-electron chi connectivity index (χ3n) is 9.02. The van der Waals surface area contributed by atoms with Crippen molar-refractivity contribution in [3.05, 3.63) is 35.8 Å². The molecule has 3 fully saturated rings. The van der Waals surface area contributed by atoms with Gasteiger partial charge in [-0.2, -0.15) is 12.6 Å². The molecule has 0 bridgehead atoms. The van der Waals surface area contributed by atoms with Gasteiger partial charge < -0.3 is 4.42 Å². The van der Waals surface area contributed by atoms with Crippen LogP contribution in [0, 0.1) is 28.6 Å². The maximum atomic E-state index is 5.44. The average molecular weight is 357 g/mol. The lowest BCUT2D eigenvalue weighted by atomic mass is 9.47. The number of hydrogen-bond donors (Lipinski definition) is 1. The van der Waals surface area contributed by atoms with E-state index in [-0.39, 0.29) is 0 Å². The Balaban J connectivity index is 1.47. The van der Waals surface area contributed by atoms with Crippen LogP contribution in [0.1, 0.15) is 76.7 Å². The van der Waals surface area contributed by atoms with Crippen molar-refractivity contribution >= 4 is 12.6 Å². The molecule has 1 heterocycles. The van der Waals surface area contributed by atoms with E-state index in [1.54, 1.807) is 5.57 Å². The smallest absolute Gasteiger partial charge is 0.0937 e. The lowest BCUT2D eigenvalue weighted by Gasteiger charge is -2.58. The maximum Gasteiger partial charge on any atom is 0.0937 e. The third-order valence-corrected chi connectivity index (χ3v) is 9.46. The molecule has 2 heteroatoms. The maximum absolute atomic E-state index is 5.44. The lowest BCUT2D eigenvalue weighted by molar-refractivity contribution is -0.0303. The second-order valence-electron chi connectivity index (χ2n) is 9.89. The highest BCUT2D eigenvalue weighted by atomic mass is 32.1. The molecule has 1 aromatic heterocycles. The first-order chi connectivity index (χ1) is 12.0. The summed E-state index contributed by atoms with van der Waals surface area (Å²) >= 11 is 4.80. The van der Waals surface area contributed by atoms with E-state index in [0.29, 0.717) is 22.0 Å². The third kappa shape index (κ3) is 2.28. The highest BCUT2D eigenvalue weighted by Gasteiger charge is 2.58. The van der Waals surface area contributed by atoms with Gasteiger partial charge in [0, 0.05) is 5.25 Å². The van der Waals surface area contributed by atoms with Gasteiger partial charge >= 0.3 is 0 Å². The topological polar surface area (TPSA) is 13.1 Å². The molecule has 0 saturated heterocycles. The second-order valence-corrected chi connectivity index (χ2v) is 10.6. The van der Waals surface area contributed by atoms with Crippen LogP contribution < -0.4 is 0 Å². The number of hydrogen-bond acceptors (Lipinski definition) is 2. The van der Waals surface area contributed by atoms with Crippen molar-refractivity contribution in [3.63, 3.8) is 0 Å². The molecule has 7 atom stereocenters. The van der Waals surface area contributed by atoms with E-state index in [1.807, 2.05) is 12.5 Å². The van der Waals surface area contributed by atoms with E-state index in [1.165, 1.54) is 56.9 Å². The Morgan fingerprint density at radius 3 is 2.76 bits per heavy atom. The summed E-state index contributed by atoms with van der Waals surface area (Å²) in [5.74, 6) is 3.42. The number of rotatable bonds is 1. The zero-order valence-corrected chi connectivity index (χ0v) is 16.6. The van der Waals surface area contributed by atoms with Crippen LogP contribution in [-0.4, -0.2) is 5.25 Å². The van der Waals surface area contributed by atoms with Gasteiger partial charge in [0.25, 0.3) is 0 Å². The molecule has 5 rings (SSSR count). The molecule has 3 saturated carbocycles. The van der Waals surface area contributed by atoms with Crippen molar-refractivity contribution < 1.29 is 4.42 Å². The van der Waals surface area contributed by atoms with Crippen LogP contribution in [-0.2, 0) is 0 Å². The Morgan fingerprint density at radius 2 is 1.96 bits per heavy atom. The quantitative estimate of drug-likeness (QED) is 0.440. The van der Waals surface area contributed by atoms with Gasteiger partial charge in [-0.1, -0.05) is 25.5 Å². The SMILES string of the molecule is C[C@]12CCC(S)CC1=CC[C@@H]1[C@H]2CC[C@]2(C)C(c3ccoc3)CC[C@@H]12. The molecule has 0 aliphatic heterocycles. The van der Waals surface area contributed by atoms with Gasteiger partial charge in [0.1, 0.15) is 0 Å². The van der Waals surface area contributed by atoms with Gasteiger partial charge in [-0.3, -0.25) is 0 Å². The number of fused-ring (bicyclic) bond motifs is 5. The molecule has 0 radical (unpaired) electrons. The van der Waals surface area contributed by atoms with Crippen molar-refractivity contribution in [1.29, 1.82) is 0 Å². The Labute approximate surface area is 158 Å². The van der Waals surface area contributed by atoms with Crippen LogP contribution in [0.5, 0.6) is 0 Å². The summed E-state index contributed by atoms with van der Waals surface area (Å²) < 4.78 is 5.44. The van der Waals surface area contributed by atoms with Crippen molar-refractivity contribution in [3.8, 4) is 0 Å². The predicted octanol–water partition coefficient (Wildman–Crippen LogP) is 6.62. The molecular formula is C23H32OS. The molecule has 0 spiro atoms. The Morgan fingerprint density at radius 1 is 1.08 bits per heavy atom. The van der Waals surface area contributed by atoms with Crippen molar-refractivity contribution in [1.82, 2.24) is 0 Å². The zero-order valence-electron chi connectivity index (χ0n) is 15.7. The Bertz CT molecular complexity index is 676. The minimum absolute atomic E-state index is 0.469. The highest BCUT2D eigenvalue weighted by molar-refractivity contribution is 7.80. The normalized spacial score (nSPS) is 49.1. The Kier molecular flexibility index (Phi) is 3.76. The van der Waals surface area contributed by atoms with Crippen LogP contribution in [0.3, 0.4) is 0 Å². The monoisotopic (exact) mass is 356 g/mol. The molecule has 25 heavy (non-hydrogen) atoms. The van der Waals surface area contributed by atoms with Crippen LogP contribution in [0.4, 0.5) is 0 Å². The van der Waals surface area contributed by atoms with Crippen molar-refractivity contribution in [2.75, 3.05) is 0 Å². The van der Waals surface area contributed by atoms with Gasteiger partial charge in [0.05, 0.1) is 12.5 Å². The lowest BCUT2D eigenvalue weighted by Crippen LogP contribution is -2.49. The summed E-state index contributed by atoms with van der Waals surface area (Å²) in [6.07, 6.45) is 17.4. The van der Waals surface area contributed by atoms with Gasteiger partial charge in [0.15, 0.2) is 0 Å². The molecule has 0 N–H and O–H groups in total. The van der Waals surface area contributed by atoms with E-state index in [2.05, 4.69) is 26.0 Å². The van der Waals surface area contributed by atoms with E-state index in [9.17, 15) is 0 Å². The molecule has 4 aliphatic rings. The molecule has 2 unspecified atom stereocenters. The first-order valence-electron chi connectivity index (χ1n) is 10.4. The van der Waals surface area contributed by atoms with Crippen LogP contribution in [0.15, 0.2) is 34.7 Å². The number of allylic oxidation sites excluding steroid dienone is 2. The van der Waals surface area contributed by atoms with Crippen LogP contribution in [0.25, 0.3) is 0 Å². The molecule has 1 aromatic rings. The first-order valence-corrected chi connectivity index (χ1v) is 10.9. The minimum Gasteiger partial charge on any atom is -0.472 e. The van der Waals surface area contributed by atoms with Crippen LogP contribution >= 0.6 is 12.6 Å². The molecule has 1 nitrogen and oxygen atoms in total. The van der Waals surface area contributed by atoms with E-state index in [0.717, 1.165) is 17.8 Å².